The molecule has 11 heteroatoms. The average Bonchev–Trinajstić information content (AvgIpc) is 3.40. The first kappa shape index (κ1) is 19.1. The van der Waals surface area contributed by atoms with Crippen LogP contribution in [0, 0.1) is 0 Å². The molecule has 31 heavy (non-hydrogen) atoms. The standard InChI is InChI=1S/C20H20N6O5/c1-30-18(27)14-2-3-15-17(22-14)26(13-5-7-24(15)11-13)19(28)23-16-10-12(4-6-21-16)25-8-9-31-20(25)29/h2-4,6,10,13H,5,7-9,11H2,1H3,(H,21,23,28)/t13-/m0/s1. The molecule has 5 heterocycles. The van der Waals surface area contributed by atoms with Crippen LogP contribution in [0.1, 0.15) is 16.9 Å². The molecule has 0 radical (unpaired) electrons. The molecule has 2 bridgehead atoms. The molecule has 0 saturated carbocycles. The smallest absolute Gasteiger partial charge is 0.414 e. The molecule has 0 aromatic carbocycles. The lowest BCUT2D eigenvalue weighted by atomic mass is 10.2. The van der Waals surface area contributed by atoms with E-state index >= 15 is 0 Å². The van der Waals surface area contributed by atoms with Crippen LogP contribution in [0.4, 0.5) is 32.6 Å². The number of fused-ring (bicyclic) bond motifs is 4. The van der Waals surface area contributed by atoms with Gasteiger partial charge in [-0.05, 0) is 24.6 Å². The van der Waals surface area contributed by atoms with Gasteiger partial charge in [-0.2, -0.15) is 0 Å². The van der Waals surface area contributed by atoms with Gasteiger partial charge in [0.05, 0.1) is 31.1 Å². The SMILES string of the molecule is COC(=O)c1ccc2c(n1)N(C(=O)Nc1cc(N3CCOC3=O)ccn1)[C@H]1CCN2C1. The van der Waals surface area contributed by atoms with Crippen LogP contribution in [0.15, 0.2) is 30.5 Å². The summed E-state index contributed by atoms with van der Waals surface area (Å²) in [5, 5.41) is 2.80. The molecule has 2 aromatic heterocycles. The summed E-state index contributed by atoms with van der Waals surface area (Å²) in [5.74, 6) is 0.143. The van der Waals surface area contributed by atoms with E-state index in [0.717, 1.165) is 18.7 Å². The molecule has 2 saturated heterocycles. The maximum atomic E-state index is 13.3. The average molecular weight is 424 g/mol. The van der Waals surface area contributed by atoms with E-state index in [1.54, 1.807) is 29.2 Å². The Morgan fingerprint density at radius 3 is 2.90 bits per heavy atom. The summed E-state index contributed by atoms with van der Waals surface area (Å²) >= 11 is 0. The quantitative estimate of drug-likeness (QED) is 0.742. The van der Waals surface area contributed by atoms with Gasteiger partial charge in [-0.3, -0.25) is 15.1 Å². The normalized spacial score (nSPS) is 19.2. The van der Waals surface area contributed by atoms with Crippen LogP contribution in [-0.4, -0.2) is 67.5 Å². The van der Waals surface area contributed by atoms with E-state index in [2.05, 4.69) is 20.2 Å². The highest BCUT2D eigenvalue weighted by atomic mass is 16.6. The molecule has 0 aliphatic carbocycles. The predicted molar refractivity (Wildman–Crippen MR) is 111 cm³/mol. The van der Waals surface area contributed by atoms with E-state index in [-0.39, 0.29) is 11.7 Å². The van der Waals surface area contributed by atoms with Crippen molar-refractivity contribution in [2.45, 2.75) is 12.5 Å². The Hall–Kier alpha value is -3.89. The molecule has 3 aliphatic rings. The minimum atomic E-state index is -0.567. The molecule has 11 nitrogen and oxygen atoms in total. The number of hydrogen-bond acceptors (Lipinski definition) is 8. The Balaban J connectivity index is 1.44. The predicted octanol–water partition coefficient (Wildman–Crippen LogP) is 1.85. The molecule has 3 amide bonds. The zero-order valence-electron chi connectivity index (χ0n) is 16.8. The zero-order valence-corrected chi connectivity index (χ0v) is 16.8. The van der Waals surface area contributed by atoms with Gasteiger partial charge in [0.1, 0.15) is 12.4 Å². The number of aromatic nitrogens is 2. The monoisotopic (exact) mass is 424 g/mol. The van der Waals surface area contributed by atoms with Crippen LogP contribution in [0.2, 0.25) is 0 Å². The highest BCUT2D eigenvalue weighted by Gasteiger charge is 2.40. The number of hydrogen-bond donors (Lipinski definition) is 1. The summed E-state index contributed by atoms with van der Waals surface area (Å²) in [5.41, 5.74) is 1.51. The molecule has 160 valence electrons. The van der Waals surface area contributed by atoms with Crippen LogP contribution in [0.25, 0.3) is 0 Å². The minimum absolute atomic E-state index is 0.0790. The molecular formula is C20H20N6O5. The fourth-order valence-corrected chi connectivity index (χ4v) is 4.14. The molecule has 1 atom stereocenters. The summed E-state index contributed by atoms with van der Waals surface area (Å²) in [6, 6.07) is 6.19. The van der Waals surface area contributed by atoms with Crippen LogP contribution in [0.5, 0.6) is 0 Å². The number of rotatable bonds is 3. The zero-order chi connectivity index (χ0) is 21.5. The second-order valence-electron chi connectivity index (χ2n) is 7.38. The number of anilines is 4. The second-order valence-corrected chi connectivity index (χ2v) is 7.38. The van der Waals surface area contributed by atoms with Gasteiger partial charge in [0.2, 0.25) is 0 Å². The molecule has 0 spiro atoms. The highest BCUT2D eigenvalue weighted by Crippen LogP contribution is 2.39. The third-order valence-corrected chi connectivity index (χ3v) is 5.62. The minimum Gasteiger partial charge on any atom is -0.464 e. The number of pyridine rings is 2. The molecule has 0 unspecified atom stereocenters. The van der Waals surface area contributed by atoms with Gasteiger partial charge in [-0.15, -0.1) is 0 Å². The molecule has 3 aliphatic heterocycles. The largest absolute Gasteiger partial charge is 0.464 e. The van der Waals surface area contributed by atoms with Gasteiger partial charge < -0.3 is 14.4 Å². The Morgan fingerprint density at radius 1 is 1.26 bits per heavy atom. The number of urea groups is 1. The number of nitrogens with zero attached hydrogens (tertiary/aromatic N) is 5. The van der Waals surface area contributed by atoms with Crippen molar-refractivity contribution in [3.05, 3.63) is 36.2 Å². The van der Waals surface area contributed by atoms with Crippen molar-refractivity contribution in [1.29, 1.82) is 0 Å². The van der Waals surface area contributed by atoms with Crippen molar-refractivity contribution in [1.82, 2.24) is 9.97 Å². The Morgan fingerprint density at radius 2 is 2.13 bits per heavy atom. The first-order valence-electron chi connectivity index (χ1n) is 9.90. The van der Waals surface area contributed by atoms with E-state index in [9.17, 15) is 14.4 Å². The number of esters is 1. The summed E-state index contributed by atoms with van der Waals surface area (Å²) in [4.78, 5) is 50.9. The van der Waals surface area contributed by atoms with Crippen LogP contribution in [0.3, 0.4) is 0 Å². The van der Waals surface area contributed by atoms with E-state index < -0.39 is 18.1 Å². The van der Waals surface area contributed by atoms with Gasteiger partial charge >= 0.3 is 18.1 Å². The number of cyclic esters (lactones) is 1. The van der Waals surface area contributed by atoms with Crippen LogP contribution >= 0.6 is 0 Å². The topological polar surface area (TPSA) is 117 Å². The molecule has 1 N–H and O–H groups in total. The fourth-order valence-electron chi connectivity index (χ4n) is 4.14. The molecule has 5 rings (SSSR count). The summed E-state index contributed by atoms with van der Waals surface area (Å²) in [6.45, 7) is 2.24. The van der Waals surface area contributed by atoms with E-state index in [0.29, 0.717) is 37.0 Å². The number of methoxy groups -OCH3 is 1. The third kappa shape index (κ3) is 3.27. The van der Waals surface area contributed by atoms with Gasteiger partial charge in [0.15, 0.2) is 11.5 Å². The lowest BCUT2D eigenvalue weighted by Gasteiger charge is -2.35. The van der Waals surface area contributed by atoms with Crippen molar-refractivity contribution in [2.75, 3.05) is 53.4 Å². The lowest BCUT2D eigenvalue weighted by Crippen LogP contribution is -2.48. The number of nitrogens with one attached hydrogen (secondary N) is 1. The fraction of sp³-hybridized carbons (Fsp3) is 0.350. The van der Waals surface area contributed by atoms with Crippen LogP contribution in [-0.2, 0) is 9.47 Å². The molecule has 2 fully saturated rings. The summed E-state index contributed by atoms with van der Waals surface area (Å²) in [7, 11) is 1.29. The second kappa shape index (κ2) is 7.42. The Bertz CT molecular complexity index is 1080. The first-order chi connectivity index (χ1) is 15.0. The van der Waals surface area contributed by atoms with Gasteiger partial charge in [0.25, 0.3) is 0 Å². The van der Waals surface area contributed by atoms with Crippen molar-refractivity contribution >= 4 is 41.1 Å². The Labute approximate surface area is 177 Å². The van der Waals surface area contributed by atoms with Crippen molar-refractivity contribution in [2.24, 2.45) is 0 Å². The summed E-state index contributed by atoms with van der Waals surface area (Å²) in [6.07, 6.45) is 1.87. The molecular weight excluding hydrogens is 404 g/mol. The summed E-state index contributed by atoms with van der Waals surface area (Å²) < 4.78 is 9.74. The lowest BCUT2D eigenvalue weighted by molar-refractivity contribution is 0.0594. The van der Waals surface area contributed by atoms with Crippen LogP contribution < -0.4 is 20.0 Å². The Kier molecular flexibility index (Phi) is 4.57. The van der Waals surface area contributed by atoms with Crippen molar-refractivity contribution in [3.63, 3.8) is 0 Å². The third-order valence-electron chi connectivity index (χ3n) is 5.62. The van der Waals surface area contributed by atoms with E-state index in [4.69, 9.17) is 9.47 Å². The number of ether oxygens (including phenoxy) is 2. The number of carbonyl (C=O) groups excluding carboxylic acids is 3. The van der Waals surface area contributed by atoms with Crippen molar-refractivity contribution in [3.8, 4) is 0 Å². The van der Waals surface area contributed by atoms with Gasteiger partial charge in [0, 0.05) is 25.4 Å². The number of amides is 3. The van der Waals surface area contributed by atoms with Gasteiger partial charge in [-0.25, -0.2) is 24.4 Å². The van der Waals surface area contributed by atoms with Gasteiger partial charge in [-0.1, -0.05) is 0 Å². The van der Waals surface area contributed by atoms with E-state index in [1.165, 1.54) is 18.2 Å². The maximum Gasteiger partial charge on any atom is 0.414 e. The molecule has 2 aromatic rings. The maximum absolute atomic E-state index is 13.3. The number of carbonyl (C=O) groups is 3. The van der Waals surface area contributed by atoms with Crippen molar-refractivity contribution < 1.29 is 23.9 Å². The first-order valence-corrected chi connectivity index (χ1v) is 9.90. The van der Waals surface area contributed by atoms with E-state index in [1.807, 2.05) is 0 Å². The highest BCUT2D eigenvalue weighted by molar-refractivity contribution is 6.05.